The van der Waals surface area contributed by atoms with Crippen LogP contribution in [0.5, 0.6) is 5.75 Å². The van der Waals surface area contributed by atoms with E-state index < -0.39 is 17.6 Å². The molecule has 3 rings (SSSR count). The predicted octanol–water partition coefficient (Wildman–Crippen LogP) is 5.06. The average molecular weight is 420 g/mol. The van der Waals surface area contributed by atoms with Crippen molar-refractivity contribution in [2.45, 2.75) is 43.4 Å². The van der Waals surface area contributed by atoms with E-state index in [-0.39, 0.29) is 22.9 Å². The molecule has 1 aliphatic rings. The Morgan fingerprint density at radius 3 is 2.27 bits per heavy atom. The molecule has 162 valence electrons. The zero-order valence-corrected chi connectivity index (χ0v) is 17.4. The van der Waals surface area contributed by atoms with Crippen LogP contribution < -0.4 is 10.1 Å². The molecule has 0 heterocycles. The van der Waals surface area contributed by atoms with Crippen LogP contribution in [0.4, 0.5) is 13.2 Å². The van der Waals surface area contributed by atoms with Crippen molar-refractivity contribution in [2.75, 3.05) is 21.2 Å². The molecule has 1 atom stereocenters. The van der Waals surface area contributed by atoms with Gasteiger partial charge in [-0.15, -0.1) is 0 Å². The van der Waals surface area contributed by atoms with Gasteiger partial charge in [0, 0.05) is 5.54 Å². The van der Waals surface area contributed by atoms with Crippen molar-refractivity contribution in [3.63, 3.8) is 0 Å². The maximum Gasteiger partial charge on any atom is 0.416 e. The zero-order chi connectivity index (χ0) is 21.9. The second kappa shape index (κ2) is 8.68. The minimum atomic E-state index is -4.55. The van der Waals surface area contributed by atoms with Crippen molar-refractivity contribution >= 4 is 5.91 Å². The highest BCUT2D eigenvalue weighted by molar-refractivity contribution is 5.97. The summed E-state index contributed by atoms with van der Waals surface area (Å²) in [5.41, 5.74) is -0.397. The fourth-order valence-electron chi connectivity index (χ4n) is 4.43. The highest BCUT2D eigenvalue weighted by Crippen LogP contribution is 2.44. The molecule has 0 aromatic heterocycles. The Balaban J connectivity index is 2.02. The van der Waals surface area contributed by atoms with Gasteiger partial charge in [0.25, 0.3) is 5.91 Å². The molecule has 4 nitrogen and oxygen atoms in total. The smallest absolute Gasteiger partial charge is 0.416 e. The summed E-state index contributed by atoms with van der Waals surface area (Å²) in [5.74, 6) is -0.474. The molecule has 1 saturated carbocycles. The van der Waals surface area contributed by atoms with Crippen molar-refractivity contribution in [3.8, 4) is 5.75 Å². The van der Waals surface area contributed by atoms with E-state index in [4.69, 9.17) is 4.74 Å². The van der Waals surface area contributed by atoms with Gasteiger partial charge in [-0.2, -0.15) is 13.2 Å². The van der Waals surface area contributed by atoms with Gasteiger partial charge in [-0.05, 0) is 50.7 Å². The second-order valence-corrected chi connectivity index (χ2v) is 7.94. The maximum atomic E-state index is 13.2. The number of benzene rings is 2. The summed E-state index contributed by atoms with van der Waals surface area (Å²) in [6.07, 6.45) is -0.704. The van der Waals surface area contributed by atoms with Gasteiger partial charge in [-0.1, -0.05) is 43.2 Å². The predicted molar refractivity (Wildman–Crippen MR) is 110 cm³/mol. The summed E-state index contributed by atoms with van der Waals surface area (Å²) in [5, 5.41) is 3.04. The fourth-order valence-corrected chi connectivity index (χ4v) is 4.43. The SMILES string of the molecule is COc1ccc(C(F)(F)F)cc1C(=O)NC(c1ccccc1)C1(N(C)C)CCCC1. The van der Waals surface area contributed by atoms with E-state index in [0.717, 1.165) is 43.4 Å². The lowest BCUT2D eigenvalue weighted by Gasteiger charge is -2.44. The molecule has 1 fully saturated rings. The first-order valence-electron chi connectivity index (χ1n) is 9.97. The van der Waals surface area contributed by atoms with Crippen molar-refractivity contribution in [1.29, 1.82) is 0 Å². The fraction of sp³-hybridized carbons (Fsp3) is 0.435. The molecule has 0 radical (unpaired) electrons. The van der Waals surface area contributed by atoms with E-state index in [1.807, 2.05) is 44.4 Å². The standard InChI is InChI=1S/C23H27F3N2O2/c1-28(2)22(13-7-8-14-22)20(16-9-5-4-6-10-16)27-21(29)18-15-17(23(24,25)26)11-12-19(18)30-3/h4-6,9-12,15,20H,7-8,13-14H2,1-3H3,(H,27,29). The summed E-state index contributed by atoms with van der Waals surface area (Å²) < 4.78 is 44.9. The van der Waals surface area contributed by atoms with Crippen LogP contribution in [0.1, 0.15) is 53.2 Å². The number of carbonyl (C=O) groups excluding carboxylic acids is 1. The van der Waals surface area contributed by atoms with Crippen LogP contribution in [-0.4, -0.2) is 37.6 Å². The lowest BCUT2D eigenvalue weighted by Crippen LogP contribution is -2.53. The van der Waals surface area contributed by atoms with Crippen LogP contribution in [0.15, 0.2) is 48.5 Å². The molecule has 1 unspecified atom stereocenters. The Kier molecular flexibility index (Phi) is 6.41. The van der Waals surface area contributed by atoms with E-state index in [9.17, 15) is 18.0 Å². The second-order valence-electron chi connectivity index (χ2n) is 7.94. The van der Waals surface area contributed by atoms with E-state index in [0.29, 0.717) is 0 Å². The molecule has 30 heavy (non-hydrogen) atoms. The zero-order valence-electron chi connectivity index (χ0n) is 17.4. The number of amides is 1. The molecule has 0 aliphatic heterocycles. The van der Waals surface area contributed by atoms with Gasteiger partial charge in [0.05, 0.1) is 24.3 Å². The number of alkyl halides is 3. The molecular weight excluding hydrogens is 393 g/mol. The minimum absolute atomic E-state index is 0.109. The number of hydrogen-bond acceptors (Lipinski definition) is 3. The molecular formula is C23H27F3N2O2. The van der Waals surface area contributed by atoms with Crippen LogP contribution in [0.2, 0.25) is 0 Å². The molecule has 1 amide bonds. The third-order valence-electron chi connectivity index (χ3n) is 6.08. The topological polar surface area (TPSA) is 41.6 Å². The van der Waals surface area contributed by atoms with Gasteiger partial charge < -0.3 is 15.0 Å². The lowest BCUT2D eigenvalue weighted by atomic mass is 9.82. The van der Waals surface area contributed by atoms with Crippen molar-refractivity contribution < 1.29 is 22.7 Å². The molecule has 1 aliphatic carbocycles. The number of rotatable bonds is 6. The third-order valence-corrected chi connectivity index (χ3v) is 6.08. The van der Waals surface area contributed by atoms with E-state index in [1.54, 1.807) is 0 Å². The first-order valence-corrected chi connectivity index (χ1v) is 9.97. The molecule has 0 bridgehead atoms. The Labute approximate surface area is 175 Å². The van der Waals surface area contributed by atoms with E-state index in [1.165, 1.54) is 13.2 Å². The van der Waals surface area contributed by atoms with Crippen molar-refractivity contribution in [3.05, 3.63) is 65.2 Å². The molecule has 2 aromatic rings. The number of likely N-dealkylation sites (N-methyl/N-ethyl adjacent to an activating group) is 1. The third kappa shape index (κ3) is 4.31. The van der Waals surface area contributed by atoms with Crippen molar-refractivity contribution in [1.82, 2.24) is 10.2 Å². The Bertz CT molecular complexity index is 876. The number of nitrogens with one attached hydrogen (secondary N) is 1. The highest BCUT2D eigenvalue weighted by atomic mass is 19.4. The first-order chi connectivity index (χ1) is 14.2. The van der Waals surface area contributed by atoms with Gasteiger partial charge >= 0.3 is 6.18 Å². The molecule has 1 N–H and O–H groups in total. The van der Waals surface area contributed by atoms with E-state index >= 15 is 0 Å². The molecule has 7 heteroatoms. The first kappa shape index (κ1) is 22.2. The number of halogens is 3. The van der Waals surface area contributed by atoms with Crippen molar-refractivity contribution in [2.24, 2.45) is 0 Å². The molecule has 2 aromatic carbocycles. The molecule has 0 saturated heterocycles. The number of methoxy groups -OCH3 is 1. The van der Waals surface area contributed by atoms with Crippen LogP contribution >= 0.6 is 0 Å². The Morgan fingerprint density at radius 1 is 1.10 bits per heavy atom. The highest BCUT2D eigenvalue weighted by Gasteiger charge is 2.45. The van der Waals surface area contributed by atoms with Crippen LogP contribution in [0.3, 0.4) is 0 Å². The van der Waals surface area contributed by atoms with Crippen LogP contribution in [0, 0.1) is 0 Å². The normalized spacial score (nSPS) is 17.0. The molecule has 0 spiro atoms. The number of ether oxygens (including phenoxy) is 1. The van der Waals surface area contributed by atoms with E-state index in [2.05, 4.69) is 10.2 Å². The van der Waals surface area contributed by atoms with Gasteiger partial charge in [-0.25, -0.2) is 0 Å². The van der Waals surface area contributed by atoms with Gasteiger partial charge in [0.2, 0.25) is 0 Å². The van der Waals surface area contributed by atoms with Crippen LogP contribution in [-0.2, 0) is 6.18 Å². The summed E-state index contributed by atoms with van der Waals surface area (Å²) >= 11 is 0. The van der Waals surface area contributed by atoms with Gasteiger partial charge in [0.1, 0.15) is 5.75 Å². The maximum absolute atomic E-state index is 13.2. The average Bonchev–Trinajstić information content (AvgIpc) is 3.22. The summed E-state index contributed by atoms with van der Waals surface area (Å²) in [4.78, 5) is 15.4. The summed E-state index contributed by atoms with van der Waals surface area (Å²) in [6.45, 7) is 0. The minimum Gasteiger partial charge on any atom is -0.496 e. The largest absolute Gasteiger partial charge is 0.496 e. The summed E-state index contributed by atoms with van der Waals surface area (Å²) in [7, 11) is 5.31. The number of carbonyl (C=O) groups is 1. The van der Waals surface area contributed by atoms with Gasteiger partial charge in [-0.3, -0.25) is 4.79 Å². The number of hydrogen-bond donors (Lipinski definition) is 1. The Morgan fingerprint density at radius 2 is 1.73 bits per heavy atom. The number of nitrogens with zero attached hydrogens (tertiary/aromatic N) is 1. The lowest BCUT2D eigenvalue weighted by molar-refractivity contribution is -0.137. The summed E-state index contributed by atoms with van der Waals surface area (Å²) in [6, 6.07) is 12.2. The van der Waals surface area contributed by atoms with Gasteiger partial charge in [0.15, 0.2) is 0 Å². The van der Waals surface area contributed by atoms with Crippen LogP contribution in [0.25, 0.3) is 0 Å². The Hall–Kier alpha value is -2.54. The monoisotopic (exact) mass is 420 g/mol. The quantitative estimate of drug-likeness (QED) is 0.710.